The van der Waals surface area contributed by atoms with Gasteiger partial charge < -0.3 is 9.84 Å². The van der Waals surface area contributed by atoms with Gasteiger partial charge in [0.25, 0.3) is 11.8 Å². The lowest BCUT2D eigenvalue weighted by Crippen LogP contribution is -2.41. The Morgan fingerprint density at radius 1 is 1.05 bits per heavy atom. The number of ether oxygens (including phenoxy) is 1. The van der Waals surface area contributed by atoms with Crippen LogP contribution < -0.4 is 10.9 Å². The lowest BCUT2D eigenvalue weighted by atomic mass is 10.1. The maximum absolute atomic E-state index is 12.0. The Kier molecular flexibility index (Phi) is 5.11. The molecule has 0 heterocycles. The summed E-state index contributed by atoms with van der Waals surface area (Å²) in [5.41, 5.74) is 5.89. The zero-order valence-electron chi connectivity index (χ0n) is 12.0. The van der Waals surface area contributed by atoms with Crippen LogP contribution in [0.1, 0.15) is 26.3 Å². The molecule has 0 bridgehead atoms. The normalized spacial score (nSPS) is 10.0. The number of hydrogen-bond acceptors (Lipinski definition) is 4. The first kappa shape index (κ1) is 15.5. The summed E-state index contributed by atoms with van der Waals surface area (Å²) < 4.78 is 5.00. The van der Waals surface area contributed by atoms with Gasteiger partial charge in [0.2, 0.25) is 0 Å². The van der Waals surface area contributed by atoms with E-state index in [0.717, 1.165) is 5.56 Å². The Morgan fingerprint density at radius 3 is 2.50 bits per heavy atom. The Hall–Kier alpha value is -2.86. The third-order valence-electron chi connectivity index (χ3n) is 2.94. The van der Waals surface area contributed by atoms with Crippen molar-refractivity contribution >= 4 is 11.8 Å². The molecule has 2 aromatic carbocycles. The molecule has 0 aliphatic carbocycles. The Morgan fingerprint density at radius 2 is 1.77 bits per heavy atom. The van der Waals surface area contributed by atoms with Crippen molar-refractivity contribution in [3.8, 4) is 5.75 Å². The van der Waals surface area contributed by atoms with Gasteiger partial charge in [0.1, 0.15) is 5.75 Å². The zero-order chi connectivity index (χ0) is 15.9. The van der Waals surface area contributed by atoms with Crippen molar-refractivity contribution in [3.05, 3.63) is 65.2 Å². The van der Waals surface area contributed by atoms with E-state index in [0.29, 0.717) is 12.2 Å². The predicted molar refractivity (Wildman–Crippen MR) is 80.2 cm³/mol. The maximum atomic E-state index is 12.0. The molecule has 2 aromatic rings. The van der Waals surface area contributed by atoms with Crippen molar-refractivity contribution < 1.29 is 19.4 Å². The van der Waals surface area contributed by atoms with Gasteiger partial charge in [-0.2, -0.15) is 0 Å². The summed E-state index contributed by atoms with van der Waals surface area (Å²) in [6.45, 7) is 0.394. The summed E-state index contributed by atoms with van der Waals surface area (Å²) in [7, 11) is 1.57. The number of methoxy groups -OCH3 is 1. The number of carbonyl (C=O) groups excluding carboxylic acids is 2. The number of amides is 2. The van der Waals surface area contributed by atoms with Gasteiger partial charge in [-0.25, -0.2) is 0 Å². The predicted octanol–water partition coefficient (Wildman–Crippen LogP) is 1.61. The van der Waals surface area contributed by atoms with Gasteiger partial charge in [0.05, 0.1) is 12.2 Å². The molecule has 2 rings (SSSR count). The first-order valence-corrected chi connectivity index (χ1v) is 6.58. The minimum absolute atomic E-state index is 0.0796. The fourth-order valence-electron chi connectivity index (χ4n) is 1.89. The highest BCUT2D eigenvalue weighted by atomic mass is 16.5. The molecule has 0 saturated heterocycles. The molecule has 0 unspecified atom stereocenters. The Balaban J connectivity index is 1.99. The lowest BCUT2D eigenvalue weighted by molar-refractivity contribution is 0.0845. The maximum Gasteiger partial charge on any atom is 0.273 e. The molecule has 0 atom stereocenters. The number of hydrogen-bond donors (Lipinski definition) is 3. The molecule has 0 radical (unpaired) electrons. The van der Waals surface area contributed by atoms with Gasteiger partial charge in [0, 0.05) is 12.7 Å². The Labute approximate surface area is 127 Å². The number of benzene rings is 2. The van der Waals surface area contributed by atoms with Crippen LogP contribution in [0.4, 0.5) is 0 Å². The van der Waals surface area contributed by atoms with E-state index in [-0.39, 0.29) is 11.3 Å². The van der Waals surface area contributed by atoms with Gasteiger partial charge in [0.15, 0.2) is 0 Å². The average Bonchev–Trinajstić information content (AvgIpc) is 2.53. The van der Waals surface area contributed by atoms with Crippen LogP contribution in [0, 0.1) is 0 Å². The van der Waals surface area contributed by atoms with Crippen molar-refractivity contribution in [1.29, 1.82) is 0 Å². The molecule has 0 fully saturated rings. The van der Waals surface area contributed by atoms with Crippen molar-refractivity contribution in [1.82, 2.24) is 10.9 Å². The van der Waals surface area contributed by atoms with E-state index in [4.69, 9.17) is 4.74 Å². The van der Waals surface area contributed by atoms with Crippen LogP contribution in [-0.2, 0) is 11.3 Å². The molecule has 6 nitrogen and oxygen atoms in total. The second kappa shape index (κ2) is 7.24. The summed E-state index contributed by atoms with van der Waals surface area (Å²) >= 11 is 0. The SMILES string of the molecule is COCc1cccc(C(=O)NNC(=O)c2ccccc2O)c1. The fraction of sp³-hybridized carbons (Fsp3) is 0.125. The summed E-state index contributed by atoms with van der Waals surface area (Å²) in [5, 5.41) is 9.57. The highest BCUT2D eigenvalue weighted by molar-refractivity contribution is 6.00. The molecular formula is C16H16N2O4. The van der Waals surface area contributed by atoms with Gasteiger partial charge in [-0.05, 0) is 29.8 Å². The van der Waals surface area contributed by atoms with Crippen LogP contribution in [0.2, 0.25) is 0 Å². The van der Waals surface area contributed by atoms with E-state index >= 15 is 0 Å². The number of nitrogens with one attached hydrogen (secondary N) is 2. The quantitative estimate of drug-likeness (QED) is 0.749. The first-order valence-electron chi connectivity index (χ1n) is 6.58. The van der Waals surface area contributed by atoms with Crippen molar-refractivity contribution in [3.63, 3.8) is 0 Å². The number of carbonyl (C=O) groups is 2. The van der Waals surface area contributed by atoms with E-state index in [9.17, 15) is 14.7 Å². The van der Waals surface area contributed by atoms with Crippen molar-refractivity contribution in [2.24, 2.45) is 0 Å². The van der Waals surface area contributed by atoms with Crippen LogP contribution in [0.5, 0.6) is 5.75 Å². The molecule has 6 heteroatoms. The minimum Gasteiger partial charge on any atom is -0.507 e. The van der Waals surface area contributed by atoms with E-state index in [2.05, 4.69) is 10.9 Å². The minimum atomic E-state index is -0.598. The average molecular weight is 300 g/mol. The largest absolute Gasteiger partial charge is 0.507 e. The van der Waals surface area contributed by atoms with E-state index in [1.165, 1.54) is 12.1 Å². The monoisotopic (exact) mass is 300 g/mol. The molecular weight excluding hydrogens is 284 g/mol. The van der Waals surface area contributed by atoms with Crippen LogP contribution in [0.25, 0.3) is 0 Å². The summed E-state index contributed by atoms with van der Waals surface area (Å²) in [6.07, 6.45) is 0. The van der Waals surface area contributed by atoms with Gasteiger partial charge in [-0.3, -0.25) is 20.4 Å². The fourth-order valence-corrected chi connectivity index (χ4v) is 1.89. The molecule has 0 saturated carbocycles. The van der Waals surface area contributed by atoms with Crippen molar-refractivity contribution in [2.75, 3.05) is 7.11 Å². The molecule has 0 aromatic heterocycles. The van der Waals surface area contributed by atoms with E-state index < -0.39 is 11.8 Å². The van der Waals surface area contributed by atoms with Crippen LogP contribution in [0.15, 0.2) is 48.5 Å². The molecule has 0 spiro atoms. The molecule has 114 valence electrons. The van der Waals surface area contributed by atoms with Gasteiger partial charge in [-0.1, -0.05) is 24.3 Å². The highest BCUT2D eigenvalue weighted by Gasteiger charge is 2.12. The van der Waals surface area contributed by atoms with Crippen LogP contribution in [0.3, 0.4) is 0 Å². The Bertz CT molecular complexity index is 685. The molecule has 0 aliphatic heterocycles. The number of phenols is 1. The number of para-hydroxylation sites is 1. The molecule has 2 amide bonds. The summed E-state index contributed by atoms with van der Waals surface area (Å²) in [4.78, 5) is 23.9. The second-order valence-corrected chi connectivity index (χ2v) is 4.56. The first-order chi connectivity index (χ1) is 10.6. The van der Waals surface area contributed by atoms with Crippen molar-refractivity contribution in [2.45, 2.75) is 6.61 Å². The van der Waals surface area contributed by atoms with Gasteiger partial charge >= 0.3 is 0 Å². The zero-order valence-corrected chi connectivity index (χ0v) is 12.0. The molecule has 22 heavy (non-hydrogen) atoms. The molecule has 3 N–H and O–H groups in total. The topological polar surface area (TPSA) is 87.7 Å². The van der Waals surface area contributed by atoms with Gasteiger partial charge in [-0.15, -0.1) is 0 Å². The van der Waals surface area contributed by atoms with Crippen LogP contribution >= 0.6 is 0 Å². The molecule has 0 aliphatic rings. The van der Waals surface area contributed by atoms with Crippen LogP contribution in [-0.4, -0.2) is 24.0 Å². The standard InChI is InChI=1S/C16H16N2O4/c1-22-10-11-5-4-6-12(9-11)15(20)17-18-16(21)13-7-2-3-8-14(13)19/h2-9,19H,10H2,1H3,(H,17,20)(H,18,21). The van der Waals surface area contributed by atoms with E-state index in [1.54, 1.807) is 37.4 Å². The van der Waals surface area contributed by atoms with E-state index in [1.807, 2.05) is 6.07 Å². The third-order valence-corrected chi connectivity index (χ3v) is 2.94. The summed E-state index contributed by atoms with van der Waals surface area (Å²) in [5.74, 6) is -1.21. The number of aromatic hydroxyl groups is 1. The smallest absolute Gasteiger partial charge is 0.273 e. The number of phenolic OH excluding ortho intramolecular Hbond substituents is 1. The second-order valence-electron chi connectivity index (χ2n) is 4.56. The third kappa shape index (κ3) is 3.83. The highest BCUT2D eigenvalue weighted by Crippen LogP contribution is 2.14. The number of rotatable bonds is 4. The lowest BCUT2D eigenvalue weighted by Gasteiger charge is -2.09. The summed E-state index contributed by atoms with van der Waals surface area (Å²) in [6, 6.07) is 12.9. The number of hydrazine groups is 1.